The molecule has 0 saturated heterocycles. The molecule has 0 heterocycles. The van der Waals surface area contributed by atoms with Gasteiger partial charge in [-0.05, 0) is 31.9 Å². The second-order valence-electron chi connectivity index (χ2n) is 5.18. The highest BCUT2D eigenvalue weighted by molar-refractivity contribution is 5.97. The molecule has 2 amide bonds. The molecule has 0 bridgehead atoms. The van der Waals surface area contributed by atoms with Crippen LogP contribution in [0.4, 0.5) is 10.1 Å². The predicted molar refractivity (Wildman–Crippen MR) is 74.6 cm³/mol. The molecule has 1 aromatic rings. The van der Waals surface area contributed by atoms with E-state index in [9.17, 15) is 14.0 Å². The van der Waals surface area contributed by atoms with Crippen LogP contribution in [-0.4, -0.2) is 17.9 Å². The lowest BCUT2D eigenvalue weighted by atomic mass is 10.1. The smallest absolute Gasteiger partial charge is 0.246 e. The number of halogens is 1. The molecule has 2 rings (SSSR count). The molecular formula is C15H19FN2O2. The fourth-order valence-corrected chi connectivity index (χ4v) is 2.39. The molecule has 20 heavy (non-hydrogen) atoms. The van der Waals surface area contributed by atoms with Gasteiger partial charge in [0.1, 0.15) is 11.9 Å². The zero-order chi connectivity index (χ0) is 14.5. The maximum Gasteiger partial charge on any atom is 0.246 e. The van der Waals surface area contributed by atoms with Crippen molar-refractivity contribution in [2.45, 2.75) is 38.6 Å². The van der Waals surface area contributed by atoms with E-state index in [0.717, 1.165) is 25.7 Å². The third kappa shape index (κ3) is 3.56. The minimum Gasteiger partial charge on any atom is -0.344 e. The van der Waals surface area contributed by atoms with Gasteiger partial charge in [0.15, 0.2) is 0 Å². The number of para-hydroxylation sites is 1. The minimum atomic E-state index is -0.678. The van der Waals surface area contributed by atoms with E-state index in [2.05, 4.69) is 10.6 Å². The molecule has 1 saturated carbocycles. The van der Waals surface area contributed by atoms with Crippen LogP contribution < -0.4 is 10.6 Å². The van der Waals surface area contributed by atoms with E-state index in [1.54, 1.807) is 19.1 Å². The van der Waals surface area contributed by atoms with Gasteiger partial charge in [0.05, 0.1) is 5.69 Å². The molecule has 0 aromatic heterocycles. The Morgan fingerprint density at radius 1 is 1.25 bits per heavy atom. The number of carbonyl (C=O) groups excluding carboxylic acids is 2. The molecule has 5 heteroatoms. The van der Waals surface area contributed by atoms with Crippen molar-refractivity contribution < 1.29 is 14.0 Å². The summed E-state index contributed by atoms with van der Waals surface area (Å²) < 4.78 is 13.4. The van der Waals surface area contributed by atoms with Crippen LogP contribution in [-0.2, 0) is 9.59 Å². The summed E-state index contributed by atoms with van der Waals surface area (Å²) in [5.41, 5.74) is 0.125. The van der Waals surface area contributed by atoms with Crippen LogP contribution in [0.3, 0.4) is 0 Å². The van der Waals surface area contributed by atoms with Gasteiger partial charge in [-0.3, -0.25) is 9.59 Å². The Labute approximate surface area is 117 Å². The van der Waals surface area contributed by atoms with Gasteiger partial charge in [-0.1, -0.05) is 25.0 Å². The van der Waals surface area contributed by atoms with Gasteiger partial charge in [-0.15, -0.1) is 0 Å². The van der Waals surface area contributed by atoms with E-state index in [0.29, 0.717) is 0 Å². The first-order chi connectivity index (χ1) is 9.58. The van der Waals surface area contributed by atoms with Crippen molar-refractivity contribution in [1.82, 2.24) is 5.32 Å². The summed E-state index contributed by atoms with van der Waals surface area (Å²) in [6.07, 6.45) is 3.89. The molecule has 1 unspecified atom stereocenters. The van der Waals surface area contributed by atoms with E-state index in [1.165, 1.54) is 12.1 Å². The van der Waals surface area contributed by atoms with Crippen LogP contribution in [0.25, 0.3) is 0 Å². The van der Waals surface area contributed by atoms with Crippen LogP contribution >= 0.6 is 0 Å². The van der Waals surface area contributed by atoms with E-state index in [-0.39, 0.29) is 17.5 Å². The summed E-state index contributed by atoms with van der Waals surface area (Å²) >= 11 is 0. The summed E-state index contributed by atoms with van der Waals surface area (Å²) in [6, 6.07) is 5.27. The Morgan fingerprint density at radius 2 is 1.90 bits per heavy atom. The maximum atomic E-state index is 13.4. The molecule has 2 N–H and O–H groups in total. The van der Waals surface area contributed by atoms with Crippen LogP contribution in [0.1, 0.15) is 32.6 Å². The normalized spacial score (nSPS) is 16.7. The molecule has 1 aliphatic carbocycles. The van der Waals surface area contributed by atoms with Gasteiger partial charge in [0, 0.05) is 5.92 Å². The van der Waals surface area contributed by atoms with Gasteiger partial charge in [0.2, 0.25) is 11.8 Å². The number of amides is 2. The van der Waals surface area contributed by atoms with E-state index in [4.69, 9.17) is 0 Å². The van der Waals surface area contributed by atoms with Gasteiger partial charge in [-0.2, -0.15) is 0 Å². The average molecular weight is 278 g/mol. The van der Waals surface area contributed by atoms with Crippen molar-refractivity contribution in [3.63, 3.8) is 0 Å². The minimum absolute atomic E-state index is 0.0127. The summed E-state index contributed by atoms with van der Waals surface area (Å²) in [7, 11) is 0. The highest BCUT2D eigenvalue weighted by Crippen LogP contribution is 2.24. The lowest BCUT2D eigenvalue weighted by Gasteiger charge is -2.17. The molecular weight excluding hydrogens is 259 g/mol. The Hall–Kier alpha value is -1.91. The zero-order valence-electron chi connectivity index (χ0n) is 11.5. The fraction of sp³-hybridized carbons (Fsp3) is 0.467. The maximum absolute atomic E-state index is 13.4. The van der Waals surface area contributed by atoms with Crippen LogP contribution in [0.2, 0.25) is 0 Å². The molecule has 1 aliphatic rings. The predicted octanol–water partition coefficient (Wildman–Crippen LogP) is 2.46. The second-order valence-corrected chi connectivity index (χ2v) is 5.18. The van der Waals surface area contributed by atoms with Crippen LogP contribution in [0, 0.1) is 11.7 Å². The number of rotatable bonds is 4. The summed E-state index contributed by atoms with van der Waals surface area (Å²) in [5.74, 6) is -0.978. The zero-order valence-corrected chi connectivity index (χ0v) is 11.5. The molecule has 0 spiro atoms. The number of nitrogens with one attached hydrogen (secondary N) is 2. The first kappa shape index (κ1) is 14.5. The number of anilines is 1. The fourth-order valence-electron chi connectivity index (χ4n) is 2.39. The highest BCUT2D eigenvalue weighted by Gasteiger charge is 2.25. The number of hydrogen-bond acceptors (Lipinski definition) is 2. The van der Waals surface area contributed by atoms with Gasteiger partial charge in [0.25, 0.3) is 0 Å². The molecule has 0 aliphatic heterocycles. The third-order valence-electron chi connectivity index (χ3n) is 3.61. The van der Waals surface area contributed by atoms with Crippen LogP contribution in [0.5, 0.6) is 0 Å². The number of benzene rings is 1. The Morgan fingerprint density at radius 3 is 2.55 bits per heavy atom. The Kier molecular flexibility index (Phi) is 4.71. The molecule has 1 atom stereocenters. The largest absolute Gasteiger partial charge is 0.344 e. The van der Waals surface area contributed by atoms with Gasteiger partial charge >= 0.3 is 0 Å². The van der Waals surface area contributed by atoms with Gasteiger partial charge < -0.3 is 10.6 Å². The SMILES string of the molecule is CC(NC(=O)C1CCCC1)C(=O)Nc1ccccc1F. The summed E-state index contributed by atoms with van der Waals surface area (Å²) in [5, 5.41) is 5.17. The van der Waals surface area contributed by atoms with E-state index in [1.807, 2.05) is 0 Å². The molecule has 1 aromatic carbocycles. The third-order valence-corrected chi connectivity index (χ3v) is 3.61. The van der Waals surface area contributed by atoms with Gasteiger partial charge in [-0.25, -0.2) is 4.39 Å². The van der Waals surface area contributed by atoms with E-state index < -0.39 is 17.8 Å². The Bertz CT molecular complexity index is 498. The van der Waals surface area contributed by atoms with Crippen molar-refractivity contribution >= 4 is 17.5 Å². The lowest BCUT2D eigenvalue weighted by molar-refractivity contribution is -0.128. The number of carbonyl (C=O) groups is 2. The standard InChI is InChI=1S/C15H19FN2O2/c1-10(17-15(20)11-6-2-3-7-11)14(19)18-13-9-5-4-8-12(13)16/h4-5,8-11H,2-3,6-7H2,1H3,(H,17,20)(H,18,19). The molecule has 4 nitrogen and oxygen atoms in total. The molecule has 0 radical (unpaired) electrons. The van der Waals surface area contributed by atoms with Crippen molar-refractivity contribution in [2.75, 3.05) is 5.32 Å². The van der Waals surface area contributed by atoms with Crippen molar-refractivity contribution in [3.8, 4) is 0 Å². The lowest BCUT2D eigenvalue weighted by Crippen LogP contribution is -2.43. The quantitative estimate of drug-likeness (QED) is 0.889. The van der Waals surface area contributed by atoms with E-state index >= 15 is 0 Å². The second kappa shape index (κ2) is 6.50. The summed E-state index contributed by atoms with van der Waals surface area (Å²) in [4.78, 5) is 23.8. The summed E-state index contributed by atoms with van der Waals surface area (Å²) in [6.45, 7) is 1.60. The first-order valence-corrected chi connectivity index (χ1v) is 6.93. The van der Waals surface area contributed by atoms with Crippen LogP contribution in [0.15, 0.2) is 24.3 Å². The Balaban J connectivity index is 1.88. The average Bonchev–Trinajstić information content (AvgIpc) is 2.95. The topological polar surface area (TPSA) is 58.2 Å². The van der Waals surface area contributed by atoms with Crippen molar-refractivity contribution in [1.29, 1.82) is 0 Å². The number of hydrogen-bond donors (Lipinski definition) is 2. The van der Waals surface area contributed by atoms with Crippen molar-refractivity contribution in [2.24, 2.45) is 5.92 Å². The molecule has 1 fully saturated rings. The molecule has 108 valence electrons. The van der Waals surface area contributed by atoms with Crippen molar-refractivity contribution in [3.05, 3.63) is 30.1 Å². The monoisotopic (exact) mass is 278 g/mol. The first-order valence-electron chi connectivity index (χ1n) is 6.93. The highest BCUT2D eigenvalue weighted by atomic mass is 19.1.